The number of benzene rings is 1. The predicted octanol–water partition coefficient (Wildman–Crippen LogP) is -2.26. The highest BCUT2D eigenvalue weighted by Gasteiger charge is 2.75. The van der Waals surface area contributed by atoms with Gasteiger partial charge in [-0.05, 0) is 30.7 Å². The van der Waals surface area contributed by atoms with Gasteiger partial charge < -0.3 is 26.0 Å². The molecule has 0 radical (unpaired) electrons. The monoisotopic (exact) mass is 393 g/mol. The summed E-state index contributed by atoms with van der Waals surface area (Å²) < 4.78 is 19.9. The Balaban J connectivity index is 1.69. The van der Waals surface area contributed by atoms with Crippen molar-refractivity contribution in [3.8, 4) is 0 Å². The molecule has 0 unspecified atom stereocenters. The molecule has 8 N–H and O–H groups in total. The first-order valence-corrected chi connectivity index (χ1v) is 8.90. The van der Waals surface area contributed by atoms with E-state index in [-0.39, 0.29) is 30.1 Å². The Kier molecular flexibility index (Phi) is 3.98. The van der Waals surface area contributed by atoms with Gasteiger partial charge in [0, 0.05) is 0 Å². The molecule has 4 rings (SSSR count). The van der Waals surface area contributed by atoms with Crippen molar-refractivity contribution in [3.63, 3.8) is 0 Å². The Hall–Kier alpha value is -2.92. The fourth-order valence-electron chi connectivity index (χ4n) is 4.21. The second kappa shape index (κ2) is 6.04. The van der Waals surface area contributed by atoms with Crippen molar-refractivity contribution in [2.45, 2.75) is 43.0 Å². The summed E-state index contributed by atoms with van der Waals surface area (Å²) >= 11 is 0. The fraction of sp³-hybridized carbons (Fsp3) is 0.471. The molecule has 3 aliphatic heterocycles. The van der Waals surface area contributed by atoms with Crippen LogP contribution in [0.1, 0.15) is 23.7 Å². The van der Waals surface area contributed by atoms with Crippen LogP contribution in [-0.4, -0.2) is 68.9 Å². The van der Waals surface area contributed by atoms with E-state index < -0.39 is 35.4 Å². The normalized spacial score (nSPS) is 32.7. The van der Waals surface area contributed by atoms with Crippen LogP contribution in [0.5, 0.6) is 0 Å². The van der Waals surface area contributed by atoms with Crippen LogP contribution in [-0.2, 0) is 4.74 Å². The Morgan fingerprint density at radius 3 is 2.71 bits per heavy atom. The minimum Gasteiger partial charge on any atom is -0.449 e. The molecule has 1 saturated heterocycles. The van der Waals surface area contributed by atoms with E-state index in [9.17, 15) is 19.4 Å². The molecule has 0 aliphatic carbocycles. The molecule has 0 saturated carbocycles. The highest BCUT2D eigenvalue weighted by atomic mass is 19.1. The van der Waals surface area contributed by atoms with Gasteiger partial charge in [-0.15, -0.1) is 0 Å². The summed E-state index contributed by atoms with van der Waals surface area (Å²) in [6, 6.07) is 3.74. The van der Waals surface area contributed by atoms with Gasteiger partial charge in [0.15, 0.2) is 12.1 Å². The summed E-state index contributed by atoms with van der Waals surface area (Å²) in [5.41, 5.74) is 10.5. The third-order valence-electron chi connectivity index (χ3n) is 5.58. The van der Waals surface area contributed by atoms with Gasteiger partial charge in [0.1, 0.15) is 24.4 Å². The SMILES string of the molecule is CC[C@@H]1NC(N)=[N+]2C[C@H](OC(=O)c3ccc(F)cc3)C(O)(O)[C@@]23NC(N)=N[C@@H]13. The molecule has 0 aromatic heterocycles. The molecule has 0 amide bonds. The summed E-state index contributed by atoms with van der Waals surface area (Å²) in [5, 5.41) is 28.1. The van der Waals surface area contributed by atoms with Crippen LogP contribution < -0.4 is 22.1 Å². The minimum atomic E-state index is -2.56. The minimum absolute atomic E-state index is 0.0305. The van der Waals surface area contributed by atoms with Gasteiger partial charge in [0.25, 0.3) is 5.79 Å². The maximum atomic E-state index is 13.1. The van der Waals surface area contributed by atoms with Crippen molar-refractivity contribution in [2.24, 2.45) is 16.5 Å². The zero-order chi connectivity index (χ0) is 20.3. The Morgan fingerprint density at radius 1 is 1.39 bits per heavy atom. The van der Waals surface area contributed by atoms with Crippen LogP contribution in [0.25, 0.3) is 0 Å². The Morgan fingerprint density at radius 2 is 2.07 bits per heavy atom. The highest BCUT2D eigenvalue weighted by Crippen LogP contribution is 2.42. The average molecular weight is 393 g/mol. The number of nitrogens with two attached hydrogens (primary N) is 2. The van der Waals surface area contributed by atoms with E-state index in [1.165, 1.54) is 16.7 Å². The van der Waals surface area contributed by atoms with E-state index in [4.69, 9.17) is 16.2 Å². The zero-order valence-corrected chi connectivity index (χ0v) is 15.1. The number of aliphatic hydroxyl groups is 2. The van der Waals surface area contributed by atoms with Gasteiger partial charge in [-0.2, -0.15) is 0 Å². The van der Waals surface area contributed by atoms with Gasteiger partial charge in [0.2, 0.25) is 5.66 Å². The zero-order valence-electron chi connectivity index (χ0n) is 15.1. The quantitative estimate of drug-likeness (QED) is 0.191. The third kappa shape index (κ3) is 2.36. The molecule has 1 spiro atoms. The topological polar surface area (TPSA) is 158 Å². The smallest absolute Gasteiger partial charge is 0.346 e. The predicted molar refractivity (Wildman–Crippen MR) is 95.6 cm³/mol. The van der Waals surface area contributed by atoms with E-state index in [0.717, 1.165) is 12.1 Å². The van der Waals surface area contributed by atoms with E-state index in [2.05, 4.69) is 15.6 Å². The van der Waals surface area contributed by atoms with Crippen molar-refractivity contribution in [3.05, 3.63) is 35.6 Å². The molecule has 150 valence electrons. The molecule has 0 bridgehead atoms. The Bertz CT molecular complexity index is 886. The number of halogens is 1. The number of nitrogens with zero attached hydrogens (tertiary/aromatic N) is 2. The number of ether oxygens (including phenoxy) is 1. The molecule has 1 aromatic carbocycles. The molecule has 11 heteroatoms. The number of rotatable bonds is 3. The van der Waals surface area contributed by atoms with Crippen LogP contribution in [0.15, 0.2) is 29.3 Å². The summed E-state index contributed by atoms with van der Waals surface area (Å²) in [6.07, 6.45) is -0.771. The molecule has 1 aromatic rings. The largest absolute Gasteiger partial charge is 0.449 e. The lowest BCUT2D eigenvalue weighted by Gasteiger charge is -2.43. The van der Waals surface area contributed by atoms with Gasteiger partial charge in [-0.3, -0.25) is 11.1 Å². The number of carbonyl (C=O) groups is 1. The standard InChI is InChI=1S/C17H21FN6O4/c1-2-10-12-16(23-14(19)22-12)17(26,27)11(7-24(16)15(20)21-10)28-13(25)8-3-5-9(18)6-4-8/h3-6,10-12,26-27H,2,7H2,1H3,(H5,19,20,21,22,23)/p+1/t10-,11-,12-,16-/m0/s1. The van der Waals surface area contributed by atoms with Crippen molar-refractivity contribution in [2.75, 3.05) is 6.54 Å². The van der Waals surface area contributed by atoms with Gasteiger partial charge >= 0.3 is 11.9 Å². The maximum Gasteiger partial charge on any atom is 0.346 e. The second-order valence-corrected chi connectivity index (χ2v) is 7.13. The number of hydrogen-bond acceptors (Lipinski definition) is 9. The van der Waals surface area contributed by atoms with Crippen LogP contribution in [0.3, 0.4) is 0 Å². The van der Waals surface area contributed by atoms with Gasteiger partial charge in [0.05, 0.1) is 5.56 Å². The van der Waals surface area contributed by atoms with Crippen LogP contribution in [0.2, 0.25) is 0 Å². The molecule has 3 aliphatic rings. The molecular formula is C17H22FN6O4+. The summed E-state index contributed by atoms with van der Waals surface area (Å²) in [6.45, 7) is 1.79. The summed E-state index contributed by atoms with van der Waals surface area (Å²) in [7, 11) is 0. The van der Waals surface area contributed by atoms with Crippen LogP contribution in [0.4, 0.5) is 4.39 Å². The Labute approximate surface area is 159 Å². The highest BCUT2D eigenvalue weighted by molar-refractivity contribution is 5.89. The van der Waals surface area contributed by atoms with E-state index in [0.29, 0.717) is 6.42 Å². The first-order valence-electron chi connectivity index (χ1n) is 8.90. The van der Waals surface area contributed by atoms with Crippen molar-refractivity contribution < 1.29 is 28.7 Å². The lowest BCUT2D eigenvalue weighted by molar-refractivity contribution is -0.623. The lowest BCUT2D eigenvalue weighted by Crippen LogP contribution is -2.78. The van der Waals surface area contributed by atoms with E-state index in [1.54, 1.807) is 0 Å². The maximum absolute atomic E-state index is 13.1. The third-order valence-corrected chi connectivity index (χ3v) is 5.58. The molecule has 1 fully saturated rings. The van der Waals surface area contributed by atoms with Gasteiger partial charge in [-0.1, -0.05) is 6.92 Å². The van der Waals surface area contributed by atoms with Crippen LogP contribution in [0, 0.1) is 5.82 Å². The molecule has 3 heterocycles. The molecule has 10 nitrogen and oxygen atoms in total. The van der Waals surface area contributed by atoms with Crippen molar-refractivity contribution in [1.29, 1.82) is 0 Å². The van der Waals surface area contributed by atoms with Crippen molar-refractivity contribution in [1.82, 2.24) is 10.6 Å². The number of aliphatic imine (C=N–C) groups is 1. The number of hydrogen-bond donors (Lipinski definition) is 6. The summed E-state index contributed by atoms with van der Waals surface area (Å²) in [4.78, 5) is 16.8. The van der Waals surface area contributed by atoms with E-state index >= 15 is 0 Å². The fourth-order valence-corrected chi connectivity index (χ4v) is 4.21. The molecular weight excluding hydrogens is 371 g/mol. The lowest BCUT2D eigenvalue weighted by atomic mass is 9.85. The average Bonchev–Trinajstić information content (AvgIpc) is 3.11. The number of nitrogens with one attached hydrogen (secondary N) is 2. The van der Waals surface area contributed by atoms with Crippen LogP contribution >= 0.6 is 0 Å². The molecule has 28 heavy (non-hydrogen) atoms. The second-order valence-electron chi connectivity index (χ2n) is 7.13. The molecule has 4 atom stereocenters. The van der Waals surface area contributed by atoms with Crippen molar-refractivity contribution >= 4 is 17.9 Å². The first-order chi connectivity index (χ1) is 13.2. The van der Waals surface area contributed by atoms with Gasteiger partial charge in [-0.25, -0.2) is 18.8 Å². The first kappa shape index (κ1) is 18.4. The van der Waals surface area contributed by atoms with E-state index in [1.807, 2.05) is 6.92 Å². The summed E-state index contributed by atoms with van der Waals surface area (Å²) in [5.74, 6) is -3.67. The number of guanidine groups is 2. The number of carbonyl (C=O) groups excluding carboxylic acids is 1. The number of esters is 1.